The zero-order valence-electron chi connectivity index (χ0n) is 5.85. The molecule has 2 heterocycles. The monoisotopic (exact) mass is 231 g/mol. The van der Waals surface area contributed by atoms with Crippen molar-refractivity contribution < 1.29 is 0 Å². The molecule has 2 rings (SSSR count). The number of hydrogen-bond acceptors (Lipinski definition) is 4. The van der Waals surface area contributed by atoms with Crippen LogP contribution in [0.3, 0.4) is 0 Å². The van der Waals surface area contributed by atoms with E-state index in [2.05, 4.69) is 31.2 Å². The van der Waals surface area contributed by atoms with Gasteiger partial charge in [0, 0.05) is 0 Å². The third kappa shape index (κ3) is 0.910. The minimum atomic E-state index is -0.317. The van der Waals surface area contributed by atoms with Crippen molar-refractivity contribution >= 4 is 33.3 Å². The Balaban J connectivity index is 3.03. The molecule has 0 aliphatic rings. The van der Waals surface area contributed by atoms with Crippen molar-refractivity contribution in [3.8, 4) is 0 Å². The molecule has 0 saturated carbocycles. The van der Waals surface area contributed by atoms with Crippen LogP contribution in [0, 0.1) is 0 Å². The van der Waals surface area contributed by atoms with Gasteiger partial charge in [0.25, 0.3) is 0 Å². The quantitative estimate of drug-likeness (QED) is 0.531. The van der Waals surface area contributed by atoms with Crippen LogP contribution in [-0.4, -0.2) is 34.8 Å². The molecule has 62 valence electrons. The summed E-state index contributed by atoms with van der Waals surface area (Å²) in [4.78, 5) is 21.3. The predicted octanol–water partition coefficient (Wildman–Crippen LogP) is -1.63. The average molecular weight is 230 g/mol. The summed E-state index contributed by atoms with van der Waals surface area (Å²) in [5.41, 5.74) is 5.79. The maximum atomic E-state index is 11.2. The van der Waals surface area contributed by atoms with E-state index in [1.807, 2.05) is 0 Å². The average Bonchev–Trinajstić information content (AvgIpc) is 2.33. The number of nitrogens with two attached hydrogens (primary N) is 1. The number of hydrogen-bond donors (Lipinski definition) is 2. The molecule has 0 aliphatic carbocycles. The van der Waals surface area contributed by atoms with Crippen LogP contribution >= 0.6 is 0 Å². The maximum absolute atomic E-state index is 11.2. The van der Waals surface area contributed by atoms with Crippen LogP contribution in [0.5, 0.6) is 0 Å². The first kappa shape index (κ1) is 7.33. The molecule has 2 aromatic heterocycles. The Hall–Kier alpha value is -1.33. The number of imidazole rings is 1. The van der Waals surface area contributed by atoms with Crippen LogP contribution in [0.25, 0.3) is 11.2 Å². The van der Waals surface area contributed by atoms with Gasteiger partial charge in [-0.05, 0) is 0 Å². The van der Waals surface area contributed by atoms with E-state index in [0.29, 0.717) is 11.2 Å². The molecule has 3 N–H and O–H groups in total. The fourth-order valence-corrected chi connectivity index (χ4v) is 1.32. The van der Waals surface area contributed by atoms with Gasteiger partial charge in [-0.3, -0.25) is 0 Å². The molecule has 0 atom stereocenters. The van der Waals surface area contributed by atoms with E-state index in [1.165, 1.54) is 6.33 Å². The van der Waals surface area contributed by atoms with Crippen molar-refractivity contribution in [1.29, 1.82) is 0 Å². The fourth-order valence-electron chi connectivity index (χ4n) is 0.915. The van der Waals surface area contributed by atoms with Gasteiger partial charge in [-0.15, -0.1) is 0 Å². The Labute approximate surface area is 74.8 Å². The number of rotatable bonds is 0. The van der Waals surface area contributed by atoms with Gasteiger partial charge in [-0.1, -0.05) is 0 Å². The minimum absolute atomic E-state index is 0.0975. The summed E-state index contributed by atoms with van der Waals surface area (Å²) in [6, 6.07) is 0. The number of H-pyrrole nitrogens is 1. The van der Waals surface area contributed by atoms with Gasteiger partial charge in [-0.25, -0.2) is 0 Å². The van der Waals surface area contributed by atoms with E-state index in [1.54, 1.807) is 3.58 Å². The fraction of sp³-hybridized carbons (Fsp3) is 0. The van der Waals surface area contributed by atoms with Crippen LogP contribution in [-0.2, 0) is 0 Å². The molecule has 6 nitrogen and oxygen atoms in total. The first-order valence-electron chi connectivity index (χ1n) is 3.10. The molecule has 0 fully saturated rings. The number of aromatic nitrogens is 4. The molecule has 0 spiro atoms. The first-order chi connectivity index (χ1) is 5.68. The van der Waals surface area contributed by atoms with Gasteiger partial charge in [0.1, 0.15) is 0 Å². The topological polar surface area (TPSA) is 89.6 Å². The van der Waals surface area contributed by atoms with Crippen LogP contribution in [0.15, 0.2) is 11.1 Å². The molecule has 0 radical (unpaired) electrons. The number of anilines is 1. The van der Waals surface area contributed by atoms with Gasteiger partial charge in [0.15, 0.2) is 0 Å². The second-order valence-corrected chi connectivity index (χ2v) is 3.12. The van der Waals surface area contributed by atoms with Gasteiger partial charge in [-0.2, -0.15) is 0 Å². The summed E-state index contributed by atoms with van der Waals surface area (Å²) in [6.07, 6.45) is 1.49. The van der Waals surface area contributed by atoms with Crippen LogP contribution < -0.4 is 11.3 Å². The van der Waals surface area contributed by atoms with Crippen LogP contribution in [0.1, 0.15) is 0 Å². The normalized spacial score (nSPS) is 10.8. The molecular weight excluding hydrogens is 225 g/mol. The van der Waals surface area contributed by atoms with Crippen molar-refractivity contribution in [3.05, 3.63) is 16.7 Å². The molecule has 2 aromatic rings. The van der Waals surface area contributed by atoms with E-state index in [9.17, 15) is 4.79 Å². The molecule has 0 aliphatic heterocycles. The summed E-state index contributed by atoms with van der Waals surface area (Å²) in [6.45, 7) is 0. The van der Waals surface area contributed by atoms with Gasteiger partial charge >= 0.3 is 74.3 Å². The SMILES string of the molecule is Nc1nc2c(ncn2[SeH])c(=O)[nH]1. The van der Waals surface area contributed by atoms with Crippen LogP contribution in [0.4, 0.5) is 5.95 Å². The molecule has 7 heteroatoms. The molecule has 0 bridgehead atoms. The van der Waals surface area contributed by atoms with E-state index in [0.717, 1.165) is 0 Å². The molecular formula is C5H5N5OSe. The Kier molecular flexibility index (Phi) is 1.42. The second kappa shape index (κ2) is 2.33. The van der Waals surface area contributed by atoms with Gasteiger partial charge in [0.2, 0.25) is 0 Å². The molecule has 0 amide bonds. The zero-order valence-corrected chi connectivity index (χ0v) is 7.73. The summed E-state index contributed by atoms with van der Waals surface area (Å²) < 4.78 is 1.58. The summed E-state index contributed by atoms with van der Waals surface area (Å²) in [5.74, 6) is 0.0975. The Morgan fingerprint density at radius 2 is 2.42 bits per heavy atom. The van der Waals surface area contributed by atoms with Gasteiger partial charge < -0.3 is 0 Å². The number of aromatic amines is 1. The standard InChI is InChI=1S/C5H5N5OSe/c6-5-8-3-2(4(11)9-5)7-1-10(3)12/h1,12H,(H3,6,8,9,11). The first-order valence-corrected chi connectivity index (χ1v) is 3.94. The summed E-state index contributed by atoms with van der Waals surface area (Å²) in [7, 11) is 0. The number of nitrogens with one attached hydrogen (secondary N) is 1. The second-order valence-electron chi connectivity index (χ2n) is 2.21. The number of fused-ring (bicyclic) bond motifs is 1. The predicted molar refractivity (Wildman–Crippen MR) is 45.1 cm³/mol. The number of nitrogens with zero attached hydrogens (tertiary/aromatic N) is 3. The van der Waals surface area contributed by atoms with E-state index in [4.69, 9.17) is 5.73 Å². The van der Waals surface area contributed by atoms with E-state index < -0.39 is 0 Å². The van der Waals surface area contributed by atoms with E-state index >= 15 is 0 Å². The van der Waals surface area contributed by atoms with Crippen LogP contribution in [0.2, 0.25) is 0 Å². The Morgan fingerprint density at radius 1 is 1.67 bits per heavy atom. The third-order valence-corrected chi connectivity index (χ3v) is 2.02. The van der Waals surface area contributed by atoms with Crippen molar-refractivity contribution in [2.24, 2.45) is 0 Å². The number of nitrogen functional groups attached to an aromatic ring is 1. The Morgan fingerprint density at radius 3 is 3.17 bits per heavy atom. The van der Waals surface area contributed by atoms with Gasteiger partial charge in [0.05, 0.1) is 0 Å². The molecule has 0 saturated heterocycles. The van der Waals surface area contributed by atoms with Crippen molar-refractivity contribution in [2.75, 3.05) is 5.73 Å². The van der Waals surface area contributed by atoms with E-state index in [-0.39, 0.29) is 11.5 Å². The zero-order chi connectivity index (χ0) is 8.72. The van der Waals surface area contributed by atoms with Crippen molar-refractivity contribution in [2.45, 2.75) is 0 Å². The molecule has 0 aromatic carbocycles. The summed E-state index contributed by atoms with van der Waals surface area (Å²) in [5, 5.41) is 0. The van der Waals surface area contributed by atoms with Crippen molar-refractivity contribution in [3.63, 3.8) is 0 Å². The molecule has 0 unspecified atom stereocenters. The van der Waals surface area contributed by atoms with Crippen molar-refractivity contribution in [1.82, 2.24) is 18.5 Å². The Bertz CT molecular complexity index is 486. The molecule has 12 heavy (non-hydrogen) atoms. The summed E-state index contributed by atoms with van der Waals surface area (Å²) >= 11 is 2.21. The third-order valence-electron chi connectivity index (χ3n) is 1.41.